The highest BCUT2D eigenvalue weighted by Crippen LogP contribution is 2.19. The molecule has 2 amide bonds. The minimum absolute atomic E-state index is 0.278. The summed E-state index contributed by atoms with van der Waals surface area (Å²) in [5.41, 5.74) is 1.83. The summed E-state index contributed by atoms with van der Waals surface area (Å²) in [6, 6.07) is 3.98. The van der Waals surface area contributed by atoms with Crippen molar-refractivity contribution in [3.8, 4) is 0 Å². The maximum absolute atomic E-state index is 13.3. The van der Waals surface area contributed by atoms with E-state index in [1.807, 2.05) is 6.20 Å². The third kappa shape index (κ3) is 3.34. The molecule has 3 aromatic rings. The van der Waals surface area contributed by atoms with Crippen molar-refractivity contribution in [1.29, 1.82) is 0 Å². The number of carbonyl (C=O) groups excluding carboxylic acids is 1. The molecule has 0 saturated heterocycles. The Morgan fingerprint density at radius 2 is 2.29 bits per heavy atom. The van der Waals surface area contributed by atoms with Gasteiger partial charge in [-0.15, -0.1) is 5.10 Å². The van der Waals surface area contributed by atoms with Crippen LogP contribution >= 0.6 is 0 Å². The first-order chi connectivity index (χ1) is 11.5. The van der Waals surface area contributed by atoms with Gasteiger partial charge in [-0.25, -0.2) is 13.9 Å². The normalized spacial score (nSPS) is 12.3. The van der Waals surface area contributed by atoms with Crippen molar-refractivity contribution in [2.24, 2.45) is 7.05 Å². The minimum atomic E-state index is -0.313. The number of aromatic nitrogens is 5. The molecule has 24 heavy (non-hydrogen) atoms. The van der Waals surface area contributed by atoms with E-state index in [4.69, 9.17) is 0 Å². The zero-order valence-corrected chi connectivity index (χ0v) is 13.4. The largest absolute Gasteiger partial charge is 0.361 e. The van der Waals surface area contributed by atoms with Crippen LogP contribution < -0.4 is 10.6 Å². The topological polar surface area (TPSA) is 101 Å². The number of amides is 2. The van der Waals surface area contributed by atoms with Crippen LogP contribution in [0.3, 0.4) is 0 Å². The SMILES string of the molecule is C[C@@H](NC(=O)NCCc1c[nH]c2ccc(F)cc12)c1nnnn1C. The quantitative estimate of drug-likeness (QED) is 0.658. The van der Waals surface area contributed by atoms with Crippen molar-refractivity contribution in [1.82, 2.24) is 35.8 Å². The smallest absolute Gasteiger partial charge is 0.315 e. The number of urea groups is 1. The van der Waals surface area contributed by atoms with E-state index in [-0.39, 0.29) is 17.9 Å². The zero-order valence-electron chi connectivity index (χ0n) is 13.4. The molecule has 1 aromatic carbocycles. The number of hydrogen-bond donors (Lipinski definition) is 3. The van der Waals surface area contributed by atoms with Crippen LogP contribution in [0.15, 0.2) is 24.4 Å². The fourth-order valence-corrected chi connectivity index (χ4v) is 2.58. The number of hydrogen-bond acceptors (Lipinski definition) is 4. The molecule has 9 heteroatoms. The first-order valence-corrected chi connectivity index (χ1v) is 7.56. The van der Waals surface area contributed by atoms with Gasteiger partial charge in [-0.1, -0.05) is 0 Å². The van der Waals surface area contributed by atoms with E-state index in [9.17, 15) is 9.18 Å². The van der Waals surface area contributed by atoms with E-state index in [1.54, 1.807) is 20.0 Å². The number of aryl methyl sites for hydroxylation is 1. The Morgan fingerprint density at radius 1 is 1.46 bits per heavy atom. The van der Waals surface area contributed by atoms with Gasteiger partial charge in [0.15, 0.2) is 5.82 Å². The van der Waals surface area contributed by atoms with E-state index in [0.29, 0.717) is 18.8 Å². The number of H-pyrrole nitrogens is 1. The lowest BCUT2D eigenvalue weighted by atomic mass is 10.1. The van der Waals surface area contributed by atoms with Crippen LogP contribution in [-0.4, -0.2) is 37.8 Å². The molecule has 2 heterocycles. The van der Waals surface area contributed by atoms with Gasteiger partial charge in [0, 0.05) is 30.7 Å². The van der Waals surface area contributed by atoms with Gasteiger partial charge in [0.1, 0.15) is 5.82 Å². The highest BCUT2D eigenvalue weighted by molar-refractivity contribution is 5.83. The molecule has 0 bridgehead atoms. The molecule has 2 aromatic heterocycles. The number of halogens is 1. The average Bonchev–Trinajstić information content (AvgIpc) is 3.13. The number of aromatic amines is 1. The van der Waals surface area contributed by atoms with Crippen molar-refractivity contribution in [3.63, 3.8) is 0 Å². The predicted octanol–water partition coefficient (Wildman–Crippen LogP) is 1.43. The Kier molecular flexibility index (Phi) is 4.41. The molecular formula is C15H18FN7O. The fraction of sp³-hybridized carbons (Fsp3) is 0.333. The predicted molar refractivity (Wildman–Crippen MR) is 85.7 cm³/mol. The van der Waals surface area contributed by atoms with E-state index in [2.05, 4.69) is 31.1 Å². The second kappa shape index (κ2) is 6.65. The molecule has 3 N–H and O–H groups in total. The molecule has 0 unspecified atom stereocenters. The van der Waals surface area contributed by atoms with Crippen molar-refractivity contribution < 1.29 is 9.18 Å². The number of rotatable bonds is 5. The van der Waals surface area contributed by atoms with E-state index in [1.165, 1.54) is 16.8 Å². The molecular weight excluding hydrogens is 313 g/mol. The summed E-state index contributed by atoms with van der Waals surface area (Å²) < 4.78 is 14.8. The van der Waals surface area contributed by atoms with Gasteiger partial charge in [-0.3, -0.25) is 0 Å². The van der Waals surface area contributed by atoms with E-state index >= 15 is 0 Å². The number of nitrogens with zero attached hydrogens (tertiary/aromatic N) is 4. The second-order valence-electron chi connectivity index (χ2n) is 5.54. The monoisotopic (exact) mass is 331 g/mol. The lowest BCUT2D eigenvalue weighted by Gasteiger charge is -2.13. The molecule has 3 rings (SSSR count). The number of benzene rings is 1. The van der Waals surface area contributed by atoms with E-state index < -0.39 is 0 Å². The summed E-state index contributed by atoms with van der Waals surface area (Å²) in [5.74, 6) is 0.289. The molecule has 126 valence electrons. The van der Waals surface area contributed by atoms with Gasteiger partial charge in [-0.05, 0) is 47.5 Å². The summed E-state index contributed by atoms with van der Waals surface area (Å²) in [6.07, 6.45) is 2.42. The first-order valence-electron chi connectivity index (χ1n) is 7.56. The average molecular weight is 331 g/mol. The molecule has 0 aliphatic rings. The second-order valence-corrected chi connectivity index (χ2v) is 5.54. The Morgan fingerprint density at radius 3 is 3.04 bits per heavy atom. The van der Waals surface area contributed by atoms with Crippen LogP contribution in [0, 0.1) is 5.82 Å². The van der Waals surface area contributed by atoms with Gasteiger partial charge < -0.3 is 15.6 Å². The molecule has 0 aliphatic carbocycles. The highest BCUT2D eigenvalue weighted by atomic mass is 19.1. The van der Waals surface area contributed by atoms with Gasteiger partial charge in [0.25, 0.3) is 0 Å². The maximum Gasteiger partial charge on any atom is 0.315 e. The lowest BCUT2D eigenvalue weighted by Crippen LogP contribution is -2.38. The van der Waals surface area contributed by atoms with Crippen molar-refractivity contribution in [2.75, 3.05) is 6.54 Å². The number of carbonyl (C=O) groups is 1. The van der Waals surface area contributed by atoms with Crippen LogP contribution in [0.1, 0.15) is 24.4 Å². The van der Waals surface area contributed by atoms with Crippen molar-refractivity contribution in [2.45, 2.75) is 19.4 Å². The Labute approximate surface area is 137 Å². The van der Waals surface area contributed by atoms with Crippen LogP contribution in [0.25, 0.3) is 10.9 Å². The van der Waals surface area contributed by atoms with Crippen LogP contribution in [-0.2, 0) is 13.5 Å². The van der Waals surface area contributed by atoms with Gasteiger partial charge in [-0.2, -0.15) is 0 Å². The molecule has 0 saturated carbocycles. The number of nitrogens with one attached hydrogen (secondary N) is 3. The lowest BCUT2D eigenvalue weighted by molar-refractivity contribution is 0.237. The highest BCUT2D eigenvalue weighted by Gasteiger charge is 2.14. The molecule has 0 spiro atoms. The van der Waals surface area contributed by atoms with Gasteiger partial charge in [0.05, 0.1) is 6.04 Å². The van der Waals surface area contributed by atoms with Crippen molar-refractivity contribution >= 4 is 16.9 Å². The number of tetrazole rings is 1. The summed E-state index contributed by atoms with van der Waals surface area (Å²) in [7, 11) is 1.71. The minimum Gasteiger partial charge on any atom is -0.361 e. The summed E-state index contributed by atoms with van der Waals surface area (Å²) in [5, 5.41) is 17.5. The molecule has 0 fully saturated rings. The van der Waals surface area contributed by atoms with Crippen LogP contribution in [0.4, 0.5) is 9.18 Å². The molecule has 1 atom stereocenters. The summed E-state index contributed by atoms with van der Waals surface area (Å²) >= 11 is 0. The Hall–Kier alpha value is -2.97. The Bertz CT molecular complexity index is 857. The molecule has 0 radical (unpaired) electrons. The third-order valence-corrected chi connectivity index (χ3v) is 3.80. The molecule has 8 nitrogen and oxygen atoms in total. The number of fused-ring (bicyclic) bond motifs is 1. The maximum atomic E-state index is 13.3. The molecule has 0 aliphatic heterocycles. The van der Waals surface area contributed by atoms with Gasteiger partial charge >= 0.3 is 6.03 Å². The Balaban J connectivity index is 1.53. The van der Waals surface area contributed by atoms with E-state index in [0.717, 1.165) is 16.5 Å². The summed E-state index contributed by atoms with van der Waals surface area (Å²) in [4.78, 5) is 15.0. The standard InChI is InChI=1S/C15H18FN7O/c1-9(14-20-21-22-23(14)2)19-15(24)17-6-5-10-8-18-13-4-3-11(16)7-12(10)13/h3-4,7-9,18H,5-6H2,1-2H3,(H2,17,19,24)/t9-/m1/s1. The fourth-order valence-electron chi connectivity index (χ4n) is 2.58. The zero-order chi connectivity index (χ0) is 17.1. The van der Waals surface area contributed by atoms with Crippen LogP contribution in [0.2, 0.25) is 0 Å². The van der Waals surface area contributed by atoms with Gasteiger partial charge in [0.2, 0.25) is 0 Å². The van der Waals surface area contributed by atoms with Crippen molar-refractivity contribution in [3.05, 3.63) is 41.6 Å². The van der Waals surface area contributed by atoms with Crippen LogP contribution in [0.5, 0.6) is 0 Å². The summed E-state index contributed by atoms with van der Waals surface area (Å²) in [6.45, 7) is 2.23. The third-order valence-electron chi connectivity index (χ3n) is 3.80. The first kappa shape index (κ1) is 15.9.